The minimum atomic E-state index is -0.652. The molecule has 0 unspecified atom stereocenters. The molecule has 71 heavy (non-hydrogen) atoms. The Morgan fingerprint density at radius 3 is 1.28 bits per heavy atom. The van der Waals surface area contributed by atoms with E-state index in [2.05, 4.69) is 266 Å². The molecule has 0 radical (unpaired) electrons. The largest absolute Gasteiger partial charge is 0.317 e. The van der Waals surface area contributed by atoms with E-state index in [0.717, 1.165) is 56.7 Å². The lowest BCUT2D eigenvalue weighted by atomic mass is 9.67. The van der Waals surface area contributed by atoms with Crippen LogP contribution in [-0.4, -0.2) is 43.8 Å². The number of hydrogen-bond donors (Lipinski definition) is 0. The molecule has 12 rings (SSSR count). The molecule has 7 aromatic carbocycles. The molecule has 348 valence electrons. The van der Waals surface area contributed by atoms with Gasteiger partial charge in [0.05, 0.1) is 27.6 Å². The number of anilines is 2. The highest BCUT2D eigenvalue weighted by molar-refractivity contribution is 6.14. The summed E-state index contributed by atoms with van der Waals surface area (Å²) in [5.74, 6) is 1.77. The first kappa shape index (κ1) is 44.3. The van der Waals surface area contributed by atoms with Gasteiger partial charge in [0, 0.05) is 34.9 Å². The fourth-order valence-corrected chi connectivity index (χ4v) is 11.5. The van der Waals surface area contributed by atoms with Crippen molar-refractivity contribution in [3.8, 4) is 33.4 Å². The van der Waals surface area contributed by atoms with Gasteiger partial charge in [-0.15, -0.1) is 0 Å². The monoisotopic (exact) mass is 922 g/mol. The molecule has 0 atom stereocenters. The van der Waals surface area contributed by atoms with E-state index in [1.807, 2.05) is 6.20 Å². The second kappa shape index (κ2) is 16.0. The maximum atomic E-state index is 5.35. The van der Waals surface area contributed by atoms with Gasteiger partial charge >= 0.3 is 0 Å². The van der Waals surface area contributed by atoms with Gasteiger partial charge in [0.15, 0.2) is 11.7 Å². The fraction of sp³-hybridized carbons (Fsp3) is 0.200. The van der Waals surface area contributed by atoms with E-state index >= 15 is 0 Å². The second-order valence-corrected chi connectivity index (χ2v) is 21.4. The van der Waals surface area contributed by atoms with Crippen molar-refractivity contribution in [1.29, 1.82) is 0 Å². The lowest BCUT2D eigenvalue weighted by molar-refractivity contribution is 0.338. The molecule has 1 aliphatic carbocycles. The smallest absolute Gasteiger partial charge is 0.155 e. The number of rotatable bonds is 8. The summed E-state index contributed by atoms with van der Waals surface area (Å²) in [6, 6.07) is 70.4. The van der Waals surface area contributed by atoms with Gasteiger partial charge in [-0.1, -0.05) is 146 Å². The van der Waals surface area contributed by atoms with Crippen molar-refractivity contribution in [1.82, 2.24) is 9.97 Å². The number of fused-ring (bicyclic) bond motifs is 5. The molecule has 6 heteroatoms. The average molecular weight is 923 g/mol. The molecule has 0 amide bonds. The van der Waals surface area contributed by atoms with Crippen LogP contribution in [0.15, 0.2) is 217 Å². The molecule has 0 N–H and O–H groups in total. The molecular formula is C65H58N6. The number of amidine groups is 2. The Morgan fingerprint density at radius 2 is 0.803 bits per heavy atom. The molecular weight excluding hydrogens is 865 g/mol. The minimum Gasteiger partial charge on any atom is -0.317 e. The van der Waals surface area contributed by atoms with E-state index < -0.39 is 5.41 Å². The number of aliphatic imine (C=N–C) groups is 2. The van der Waals surface area contributed by atoms with Gasteiger partial charge in [-0.25, -0.2) is 0 Å². The van der Waals surface area contributed by atoms with E-state index in [1.54, 1.807) is 0 Å². The van der Waals surface area contributed by atoms with Crippen LogP contribution in [0.25, 0.3) is 44.2 Å². The number of benzene rings is 7. The summed E-state index contributed by atoms with van der Waals surface area (Å²) >= 11 is 0. The summed E-state index contributed by atoms with van der Waals surface area (Å²) in [4.78, 5) is 25.8. The number of hydrogen-bond acceptors (Lipinski definition) is 6. The highest BCUT2D eigenvalue weighted by Gasteiger charge is 2.52. The third-order valence-electron chi connectivity index (χ3n) is 16.5. The van der Waals surface area contributed by atoms with Crippen molar-refractivity contribution in [3.63, 3.8) is 0 Å². The van der Waals surface area contributed by atoms with Gasteiger partial charge in [-0.3, -0.25) is 20.0 Å². The third-order valence-corrected chi connectivity index (χ3v) is 16.5. The molecule has 0 spiro atoms. The van der Waals surface area contributed by atoms with Gasteiger partial charge in [-0.2, -0.15) is 0 Å². The van der Waals surface area contributed by atoms with Crippen LogP contribution < -0.4 is 9.80 Å². The molecule has 9 aromatic rings. The quantitative estimate of drug-likeness (QED) is 0.152. The van der Waals surface area contributed by atoms with Crippen LogP contribution in [0.3, 0.4) is 0 Å². The van der Waals surface area contributed by atoms with E-state index in [0.29, 0.717) is 0 Å². The molecule has 4 heterocycles. The highest BCUT2D eigenvalue weighted by atomic mass is 15.4. The molecule has 2 aromatic heterocycles. The first-order chi connectivity index (χ1) is 34.2. The van der Waals surface area contributed by atoms with Crippen molar-refractivity contribution in [2.45, 2.75) is 83.0 Å². The number of aromatic nitrogens is 2. The van der Waals surface area contributed by atoms with Crippen LogP contribution in [0.2, 0.25) is 0 Å². The zero-order valence-corrected chi connectivity index (χ0v) is 41.8. The van der Waals surface area contributed by atoms with Gasteiger partial charge in [0.25, 0.3) is 0 Å². The van der Waals surface area contributed by atoms with Crippen molar-refractivity contribution >= 4 is 33.8 Å². The van der Waals surface area contributed by atoms with Gasteiger partial charge in [0.1, 0.15) is 11.4 Å². The topological polar surface area (TPSA) is 57.0 Å². The third kappa shape index (κ3) is 6.60. The zero-order chi connectivity index (χ0) is 48.9. The first-order valence-electron chi connectivity index (χ1n) is 24.9. The fourth-order valence-electron chi connectivity index (χ4n) is 11.5. The SMILES string of the molecule is CC1(C)N=C(c2ccc(-c3ccc4c(c3)C(c3ccccc3)(c3ccccc3)c3cc(-c5ccc(C6=NC(C)(C)C(C)(C)N6c6ccccc6)nc5)c5ccccc5c3-4)cn2)N(c2ccccc2)C1(C)C. The van der Waals surface area contributed by atoms with E-state index in [1.165, 1.54) is 44.2 Å². The number of nitrogens with zero attached hydrogens (tertiary/aromatic N) is 6. The minimum absolute atomic E-state index is 0.272. The molecule has 0 bridgehead atoms. The number of pyridine rings is 2. The Bertz CT molecular complexity index is 3520. The molecule has 0 saturated carbocycles. The van der Waals surface area contributed by atoms with Crippen LogP contribution in [0.5, 0.6) is 0 Å². The lowest BCUT2D eigenvalue weighted by Gasteiger charge is -2.41. The summed E-state index contributed by atoms with van der Waals surface area (Å²) in [6.07, 6.45) is 4.08. The Hall–Kier alpha value is -7.96. The van der Waals surface area contributed by atoms with E-state index in [4.69, 9.17) is 20.0 Å². The Labute approximate surface area is 418 Å². The predicted molar refractivity (Wildman–Crippen MR) is 295 cm³/mol. The molecule has 2 aliphatic heterocycles. The second-order valence-electron chi connectivity index (χ2n) is 21.4. The maximum Gasteiger partial charge on any atom is 0.155 e. The van der Waals surface area contributed by atoms with Crippen LogP contribution in [-0.2, 0) is 5.41 Å². The van der Waals surface area contributed by atoms with Crippen molar-refractivity contribution in [2.75, 3.05) is 9.80 Å². The van der Waals surface area contributed by atoms with Gasteiger partial charge in [-0.05, 0) is 159 Å². The van der Waals surface area contributed by atoms with Crippen molar-refractivity contribution < 1.29 is 0 Å². The van der Waals surface area contributed by atoms with Gasteiger partial charge in [0.2, 0.25) is 0 Å². The summed E-state index contributed by atoms with van der Waals surface area (Å²) in [5, 5.41) is 2.40. The zero-order valence-electron chi connectivity index (χ0n) is 41.8. The first-order valence-corrected chi connectivity index (χ1v) is 24.9. The predicted octanol–water partition coefficient (Wildman–Crippen LogP) is 15.0. The van der Waals surface area contributed by atoms with Gasteiger partial charge < -0.3 is 9.80 Å². The summed E-state index contributed by atoms with van der Waals surface area (Å²) in [6.45, 7) is 17.9. The normalized spacial score (nSPS) is 17.7. The van der Waals surface area contributed by atoms with E-state index in [9.17, 15) is 0 Å². The highest BCUT2D eigenvalue weighted by Crippen LogP contribution is 2.59. The van der Waals surface area contributed by atoms with Crippen molar-refractivity contribution in [3.05, 3.63) is 240 Å². The van der Waals surface area contributed by atoms with Crippen molar-refractivity contribution in [2.24, 2.45) is 9.98 Å². The Morgan fingerprint density at radius 1 is 0.366 bits per heavy atom. The molecule has 6 nitrogen and oxygen atoms in total. The van der Waals surface area contributed by atoms with Crippen LogP contribution in [0.4, 0.5) is 11.4 Å². The Balaban J connectivity index is 1.01. The van der Waals surface area contributed by atoms with Crippen LogP contribution in [0, 0.1) is 0 Å². The lowest BCUT2D eigenvalue weighted by Crippen LogP contribution is -2.53. The molecule has 0 fully saturated rings. The standard InChI is InChI=1S/C65H58N6/c1-61(2)63(5,6)70(48-27-17-11-18-28-48)59(68-61)56-37-34-44(41-66-56)43-33-36-52-54(39-43)65(46-23-13-9-14-24-46,47-25-15-10-16-26-47)55-40-53(50-31-21-22-32-51(50)58(52)55)45-35-38-57(67-42-45)60-69-62(3,4)64(7,8)71(60)49-29-19-12-20-30-49/h9-42H,1-8H3. The average Bonchev–Trinajstić information content (AvgIpc) is 3.88. The van der Waals surface area contributed by atoms with Crippen LogP contribution >= 0.6 is 0 Å². The summed E-state index contributed by atoms with van der Waals surface area (Å²) < 4.78 is 0. The molecule has 0 saturated heterocycles. The molecule has 3 aliphatic rings. The van der Waals surface area contributed by atoms with E-state index in [-0.39, 0.29) is 22.2 Å². The Kier molecular flexibility index (Phi) is 10.0. The van der Waals surface area contributed by atoms with Crippen LogP contribution in [0.1, 0.15) is 89.0 Å². The maximum absolute atomic E-state index is 5.35. The number of para-hydroxylation sites is 2. The summed E-state index contributed by atoms with van der Waals surface area (Å²) in [5.41, 5.74) is 13.8. The summed E-state index contributed by atoms with van der Waals surface area (Å²) in [7, 11) is 0.